The summed E-state index contributed by atoms with van der Waals surface area (Å²) in [6, 6.07) is 28.2. The Morgan fingerprint density at radius 3 is 1.84 bits per heavy atom. The second-order valence-corrected chi connectivity index (χ2v) is 9.25. The molecule has 0 atom stereocenters. The summed E-state index contributed by atoms with van der Waals surface area (Å²) >= 11 is 5.73. The Morgan fingerprint density at radius 2 is 1.29 bits per heavy atom. The van der Waals surface area contributed by atoms with Gasteiger partial charge in [0.05, 0.1) is 18.0 Å². The van der Waals surface area contributed by atoms with Gasteiger partial charge in [0.2, 0.25) is 0 Å². The highest BCUT2D eigenvalue weighted by Crippen LogP contribution is 2.32. The number of nitrogens with zero attached hydrogens (tertiary/aromatic N) is 3. The van der Waals surface area contributed by atoms with Crippen molar-refractivity contribution in [1.82, 2.24) is 4.57 Å². The third-order valence-electron chi connectivity index (χ3n) is 6.45. The summed E-state index contributed by atoms with van der Waals surface area (Å²) in [6.07, 6.45) is 1.67. The summed E-state index contributed by atoms with van der Waals surface area (Å²) < 4.78 is 7.66. The summed E-state index contributed by atoms with van der Waals surface area (Å²) in [5, 5.41) is 0.0993. The zero-order chi connectivity index (χ0) is 26.8. The fraction of sp³-hybridized carbons (Fsp3) is 0.129. The average Bonchev–Trinajstić information content (AvgIpc) is 3.21. The largest absolute Gasteiger partial charge is 0.494 e. The van der Waals surface area contributed by atoms with Gasteiger partial charge >= 0.3 is 0 Å². The summed E-state index contributed by atoms with van der Waals surface area (Å²) in [6.45, 7) is 6.43. The number of anilines is 2. The number of benzene rings is 3. The zero-order valence-electron chi connectivity index (χ0n) is 21.4. The minimum absolute atomic E-state index is 0.0321. The van der Waals surface area contributed by atoms with Crippen LogP contribution in [0.4, 0.5) is 11.4 Å². The molecule has 0 aliphatic carbocycles. The topological polar surface area (TPSA) is 54.8 Å². The van der Waals surface area contributed by atoms with Crippen molar-refractivity contribution in [2.24, 2.45) is 0 Å². The number of aryl methyl sites for hydroxylation is 1. The van der Waals surface area contributed by atoms with Gasteiger partial charge in [-0.15, -0.1) is 0 Å². The van der Waals surface area contributed by atoms with Crippen LogP contribution in [0.15, 0.2) is 96.6 Å². The van der Waals surface area contributed by atoms with Crippen LogP contribution in [0, 0.1) is 13.8 Å². The Labute approximate surface area is 227 Å². The maximum atomic E-state index is 13.9. The summed E-state index contributed by atoms with van der Waals surface area (Å²) in [5.74, 6) is -0.245. The molecule has 3 aromatic carbocycles. The predicted molar refractivity (Wildman–Crippen MR) is 155 cm³/mol. The van der Waals surface area contributed by atoms with Crippen LogP contribution in [-0.4, -0.2) is 28.1 Å². The zero-order valence-corrected chi connectivity index (χ0v) is 22.2. The maximum absolute atomic E-state index is 13.9. The highest BCUT2D eigenvalue weighted by atomic mass is 32.1. The summed E-state index contributed by atoms with van der Waals surface area (Å²) in [5.41, 5.74) is 4.89. The second kappa shape index (κ2) is 10.5. The Bertz CT molecular complexity index is 1540. The lowest BCUT2D eigenvalue weighted by atomic mass is 10.0. The molecule has 0 spiro atoms. The summed E-state index contributed by atoms with van der Waals surface area (Å²) in [7, 11) is 0. The molecule has 0 bridgehead atoms. The fourth-order valence-electron chi connectivity index (χ4n) is 4.68. The minimum atomic E-state index is -0.471. The highest BCUT2D eigenvalue weighted by Gasteiger charge is 2.41. The normalized spacial score (nSPS) is 14.9. The van der Waals surface area contributed by atoms with Crippen LogP contribution in [0.25, 0.3) is 11.8 Å². The van der Waals surface area contributed by atoms with Crippen molar-refractivity contribution in [3.63, 3.8) is 0 Å². The molecule has 0 radical (unpaired) electrons. The van der Waals surface area contributed by atoms with E-state index in [1.54, 1.807) is 42.5 Å². The van der Waals surface area contributed by atoms with Gasteiger partial charge in [-0.05, 0) is 99.2 Å². The van der Waals surface area contributed by atoms with Gasteiger partial charge in [-0.3, -0.25) is 19.4 Å². The summed E-state index contributed by atoms with van der Waals surface area (Å²) in [4.78, 5) is 30.5. The Balaban J connectivity index is 1.63. The molecule has 7 heteroatoms. The number of hydrogen-bond acceptors (Lipinski definition) is 4. The number of aromatic nitrogens is 1. The third kappa shape index (κ3) is 4.53. The van der Waals surface area contributed by atoms with Gasteiger partial charge in [0, 0.05) is 17.1 Å². The van der Waals surface area contributed by atoms with E-state index < -0.39 is 11.8 Å². The first-order valence-electron chi connectivity index (χ1n) is 12.4. The van der Waals surface area contributed by atoms with Crippen LogP contribution >= 0.6 is 12.2 Å². The van der Waals surface area contributed by atoms with E-state index in [-0.39, 0.29) is 10.7 Å². The third-order valence-corrected chi connectivity index (χ3v) is 6.82. The Hall–Kier alpha value is -4.49. The van der Waals surface area contributed by atoms with Crippen molar-refractivity contribution in [1.29, 1.82) is 0 Å². The Kier molecular flexibility index (Phi) is 6.94. The molecule has 38 heavy (non-hydrogen) atoms. The molecule has 2 heterocycles. The monoisotopic (exact) mass is 521 g/mol. The van der Waals surface area contributed by atoms with Crippen molar-refractivity contribution >= 4 is 46.6 Å². The minimum Gasteiger partial charge on any atom is -0.494 e. The number of para-hydroxylation sites is 2. The number of carbonyl (C=O) groups is 2. The molecule has 0 N–H and O–H groups in total. The van der Waals surface area contributed by atoms with Gasteiger partial charge in [0.25, 0.3) is 11.8 Å². The van der Waals surface area contributed by atoms with Crippen LogP contribution < -0.4 is 14.5 Å². The molecular formula is C31H27N3O3S. The van der Waals surface area contributed by atoms with Crippen molar-refractivity contribution in [2.75, 3.05) is 16.4 Å². The lowest BCUT2D eigenvalue weighted by Crippen LogP contribution is -2.56. The number of carbonyl (C=O) groups excluding carboxylic acids is 2. The fourth-order valence-corrected chi connectivity index (χ4v) is 5.06. The van der Waals surface area contributed by atoms with E-state index in [2.05, 4.69) is 4.57 Å². The van der Waals surface area contributed by atoms with Crippen molar-refractivity contribution in [3.8, 4) is 11.4 Å². The van der Waals surface area contributed by atoms with Gasteiger partial charge < -0.3 is 9.30 Å². The highest BCUT2D eigenvalue weighted by molar-refractivity contribution is 7.81. The van der Waals surface area contributed by atoms with E-state index in [0.29, 0.717) is 23.7 Å². The van der Waals surface area contributed by atoms with Crippen LogP contribution in [0.3, 0.4) is 0 Å². The molecule has 1 aliphatic rings. The molecule has 6 nitrogen and oxygen atoms in total. The van der Waals surface area contributed by atoms with E-state index in [1.165, 1.54) is 9.80 Å². The van der Waals surface area contributed by atoms with Crippen LogP contribution in [0.2, 0.25) is 0 Å². The van der Waals surface area contributed by atoms with E-state index in [9.17, 15) is 9.59 Å². The van der Waals surface area contributed by atoms with Crippen LogP contribution in [-0.2, 0) is 9.59 Å². The van der Waals surface area contributed by atoms with Gasteiger partial charge in [0.1, 0.15) is 11.3 Å². The molecule has 2 amide bonds. The van der Waals surface area contributed by atoms with Crippen LogP contribution in [0.5, 0.6) is 5.75 Å². The first-order valence-corrected chi connectivity index (χ1v) is 12.8. The molecule has 1 saturated heterocycles. The van der Waals surface area contributed by atoms with Gasteiger partial charge in [-0.2, -0.15) is 0 Å². The van der Waals surface area contributed by atoms with Gasteiger partial charge in [0.15, 0.2) is 5.11 Å². The molecule has 0 unspecified atom stereocenters. The maximum Gasteiger partial charge on any atom is 0.270 e. The molecule has 190 valence electrons. The smallest absolute Gasteiger partial charge is 0.270 e. The van der Waals surface area contributed by atoms with Crippen molar-refractivity contribution < 1.29 is 14.3 Å². The molecule has 5 rings (SSSR count). The van der Waals surface area contributed by atoms with E-state index in [1.807, 2.05) is 75.4 Å². The first-order chi connectivity index (χ1) is 18.4. The average molecular weight is 522 g/mol. The van der Waals surface area contributed by atoms with Crippen molar-refractivity contribution in [2.45, 2.75) is 20.8 Å². The number of rotatable bonds is 6. The van der Waals surface area contributed by atoms with Gasteiger partial charge in [-0.25, -0.2) is 0 Å². The van der Waals surface area contributed by atoms with E-state index in [0.717, 1.165) is 22.6 Å². The SMILES string of the molecule is CCOc1ccc(N2C(=O)/C(=C\c3cc(C)n(-c4ccccc4)c3C)C(=O)N(c3ccccc3)C2=S)cc1. The molecule has 1 aromatic heterocycles. The predicted octanol–water partition coefficient (Wildman–Crippen LogP) is 6.24. The van der Waals surface area contributed by atoms with Gasteiger partial charge in [-0.1, -0.05) is 36.4 Å². The Morgan fingerprint density at radius 1 is 0.763 bits per heavy atom. The quantitative estimate of drug-likeness (QED) is 0.171. The van der Waals surface area contributed by atoms with E-state index >= 15 is 0 Å². The second-order valence-electron chi connectivity index (χ2n) is 8.88. The number of ether oxygens (including phenoxy) is 1. The molecule has 1 fully saturated rings. The molecular weight excluding hydrogens is 494 g/mol. The molecule has 0 saturated carbocycles. The molecule has 1 aliphatic heterocycles. The molecule has 4 aromatic rings. The van der Waals surface area contributed by atoms with Crippen molar-refractivity contribution in [3.05, 3.63) is 114 Å². The standard InChI is InChI=1S/C31H27N3O3S/c1-4-37-27-17-15-26(16-18-27)34-30(36)28(29(35)33(31(34)38)25-13-9-6-10-14-25)20-23-19-21(2)32(22(23)3)24-11-7-5-8-12-24/h5-20H,4H2,1-3H3/b28-20-. The number of hydrogen-bond donors (Lipinski definition) is 0. The van der Waals surface area contributed by atoms with E-state index in [4.69, 9.17) is 17.0 Å². The first kappa shape index (κ1) is 25.2. The number of amides is 2. The number of thiocarbonyl (C=S) groups is 1. The lowest BCUT2D eigenvalue weighted by molar-refractivity contribution is -0.120. The van der Waals surface area contributed by atoms with Crippen LogP contribution in [0.1, 0.15) is 23.9 Å². The lowest BCUT2D eigenvalue weighted by Gasteiger charge is -2.36.